The van der Waals surface area contributed by atoms with Crippen LogP contribution in [0.1, 0.15) is 30.1 Å². The second-order valence-electron chi connectivity index (χ2n) is 5.89. The third-order valence-corrected chi connectivity index (χ3v) is 4.29. The highest BCUT2D eigenvalue weighted by molar-refractivity contribution is 5.97. The smallest absolute Gasteiger partial charge is 0.328 e. The average Bonchev–Trinajstić information content (AvgIpc) is 2.54. The Morgan fingerprint density at radius 3 is 2.87 bits per heavy atom. The molecule has 3 N–H and O–H groups in total. The van der Waals surface area contributed by atoms with Gasteiger partial charge in [0.2, 0.25) is 0 Å². The van der Waals surface area contributed by atoms with E-state index in [2.05, 4.69) is 4.98 Å². The lowest BCUT2D eigenvalue weighted by molar-refractivity contribution is 0.0709. The third-order valence-electron chi connectivity index (χ3n) is 4.29. The topological polar surface area (TPSA) is 101 Å². The number of aromatic amines is 1. The van der Waals surface area contributed by atoms with Crippen molar-refractivity contribution in [3.8, 4) is 0 Å². The summed E-state index contributed by atoms with van der Waals surface area (Å²) < 4.78 is 1.13. The largest absolute Gasteiger partial charge is 0.337 e. The molecule has 1 aliphatic rings. The molecule has 0 bridgehead atoms. The molecule has 2 aromatic rings. The second-order valence-corrected chi connectivity index (χ2v) is 5.89. The summed E-state index contributed by atoms with van der Waals surface area (Å²) in [4.78, 5) is 41.1. The van der Waals surface area contributed by atoms with Crippen molar-refractivity contribution < 1.29 is 4.79 Å². The van der Waals surface area contributed by atoms with Crippen LogP contribution in [0.2, 0.25) is 0 Å². The molecule has 3 rings (SSSR count). The zero-order chi connectivity index (χ0) is 16.6. The zero-order valence-electron chi connectivity index (χ0n) is 13.0. The first-order chi connectivity index (χ1) is 11.0. The van der Waals surface area contributed by atoms with E-state index < -0.39 is 5.69 Å². The van der Waals surface area contributed by atoms with E-state index in [9.17, 15) is 14.4 Å². The fourth-order valence-corrected chi connectivity index (χ4v) is 3.05. The van der Waals surface area contributed by atoms with Gasteiger partial charge in [0.05, 0.1) is 10.9 Å². The summed E-state index contributed by atoms with van der Waals surface area (Å²) in [5, 5.41) is 0.401. The molecule has 7 heteroatoms. The predicted molar refractivity (Wildman–Crippen MR) is 87.6 cm³/mol. The number of nitrogens with two attached hydrogens (primary N) is 1. The van der Waals surface area contributed by atoms with E-state index >= 15 is 0 Å². The molecule has 1 fully saturated rings. The monoisotopic (exact) mass is 316 g/mol. The standard InChI is InChI=1S/C16H20N4O3/c1-2-20-15(22)12-6-5-10(8-13(12)18-16(20)23)14(21)19-7-3-4-11(17)9-19/h5-6,8,11H,2-4,7,9,17H2,1H3,(H,18,23). The van der Waals surface area contributed by atoms with E-state index in [4.69, 9.17) is 5.73 Å². The van der Waals surface area contributed by atoms with Gasteiger partial charge in [-0.15, -0.1) is 0 Å². The molecule has 2 heterocycles. The molecule has 1 atom stereocenters. The SMILES string of the molecule is CCn1c(=O)[nH]c2cc(C(=O)N3CCCC(N)C3)ccc2c1=O. The number of carbonyl (C=O) groups is 1. The minimum atomic E-state index is -0.463. The van der Waals surface area contributed by atoms with E-state index in [1.165, 1.54) is 0 Å². The van der Waals surface area contributed by atoms with Crippen molar-refractivity contribution in [1.29, 1.82) is 0 Å². The van der Waals surface area contributed by atoms with Crippen LogP contribution in [0.3, 0.4) is 0 Å². The molecule has 1 aromatic carbocycles. The Morgan fingerprint density at radius 1 is 1.39 bits per heavy atom. The number of nitrogens with zero attached hydrogens (tertiary/aromatic N) is 2. The normalized spacial score (nSPS) is 18.3. The highest BCUT2D eigenvalue weighted by Crippen LogP contribution is 2.15. The molecule has 0 aliphatic carbocycles. The van der Waals surface area contributed by atoms with Crippen LogP contribution in [0.25, 0.3) is 10.9 Å². The number of likely N-dealkylation sites (tertiary alicyclic amines) is 1. The second kappa shape index (κ2) is 6.00. The van der Waals surface area contributed by atoms with Crippen LogP contribution in [0.5, 0.6) is 0 Å². The van der Waals surface area contributed by atoms with Crippen LogP contribution >= 0.6 is 0 Å². The van der Waals surface area contributed by atoms with Crippen LogP contribution in [0, 0.1) is 0 Å². The average molecular weight is 316 g/mol. The highest BCUT2D eigenvalue weighted by atomic mass is 16.2. The lowest BCUT2D eigenvalue weighted by Gasteiger charge is -2.30. The van der Waals surface area contributed by atoms with Crippen molar-refractivity contribution >= 4 is 16.8 Å². The number of rotatable bonds is 2. The molecule has 23 heavy (non-hydrogen) atoms. The molecule has 122 valence electrons. The maximum Gasteiger partial charge on any atom is 0.328 e. The molecule has 0 spiro atoms. The highest BCUT2D eigenvalue weighted by Gasteiger charge is 2.22. The first-order valence-corrected chi connectivity index (χ1v) is 7.83. The van der Waals surface area contributed by atoms with E-state index in [1.807, 2.05) is 0 Å². The summed E-state index contributed by atoms with van der Waals surface area (Å²) in [7, 11) is 0. The molecule has 0 radical (unpaired) electrons. The number of carbonyl (C=O) groups excluding carboxylic acids is 1. The van der Waals surface area contributed by atoms with Gasteiger partial charge in [-0.2, -0.15) is 0 Å². The van der Waals surface area contributed by atoms with Crippen LogP contribution < -0.4 is 17.0 Å². The Labute approximate surface area is 132 Å². The molecule has 7 nitrogen and oxygen atoms in total. The van der Waals surface area contributed by atoms with Gasteiger partial charge in [0.1, 0.15) is 0 Å². The van der Waals surface area contributed by atoms with Crippen molar-refractivity contribution in [3.05, 3.63) is 44.6 Å². The minimum Gasteiger partial charge on any atom is -0.337 e. The summed E-state index contributed by atoms with van der Waals surface area (Å²) in [5.74, 6) is -0.123. The van der Waals surface area contributed by atoms with E-state index in [-0.39, 0.29) is 17.5 Å². The van der Waals surface area contributed by atoms with Gasteiger partial charge in [0, 0.05) is 31.2 Å². The van der Waals surface area contributed by atoms with Gasteiger partial charge < -0.3 is 15.6 Å². The number of fused-ring (bicyclic) bond motifs is 1. The summed E-state index contributed by atoms with van der Waals surface area (Å²) in [5.41, 5.74) is 5.95. The third kappa shape index (κ3) is 2.79. The number of hydrogen-bond acceptors (Lipinski definition) is 4. The Bertz CT molecular complexity index is 868. The summed E-state index contributed by atoms with van der Waals surface area (Å²) in [6.45, 7) is 3.25. The molecule has 1 aromatic heterocycles. The first kappa shape index (κ1) is 15.5. The quantitative estimate of drug-likeness (QED) is 0.830. The van der Waals surface area contributed by atoms with Crippen molar-refractivity contribution in [3.63, 3.8) is 0 Å². The van der Waals surface area contributed by atoms with Gasteiger partial charge in [-0.25, -0.2) is 4.79 Å². The van der Waals surface area contributed by atoms with Gasteiger partial charge >= 0.3 is 5.69 Å². The fourth-order valence-electron chi connectivity index (χ4n) is 3.05. The fraction of sp³-hybridized carbons (Fsp3) is 0.438. The van der Waals surface area contributed by atoms with Crippen molar-refractivity contribution in [2.75, 3.05) is 13.1 Å². The molecule has 0 saturated carbocycles. The van der Waals surface area contributed by atoms with Gasteiger partial charge in [-0.3, -0.25) is 14.2 Å². The van der Waals surface area contributed by atoms with Crippen molar-refractivity contribution in [2.45, 2.75) is 32.4 Å². The maximum atomic E-state index is 12.6. The lowest BCUT2D eigenvalue weighted by atomic mass is 10.0. The van der Waals surface area contributed by atoms with Crippen LogP contribution in [-0.2, 0) is 6.54 Å². The Hall–Kier alpha value is -2.41. The summed E-state index contributed by atoms with van der Waals surface area (Å²) >= 11 is 0. The van der Waals surface area contributed by atoms with Crippen molar-refractivity contribution in [1.82, 2.24) is 14.5 Å². The number of H-pyrrole nitrogens is 1. The first-order valence-electron chi connectivity index (χ1n) is 7.83. The number of amides is 1. The number of aromatic nitrogens is 2. The van der Waals surface area contributed by atoms with Crippen LogP contribution in [-0.4, -0.2) is 39.5 Å². The van der Waals surface area contributed by atoms with Crippen molar-refractivity contribution in [2.24, 2.45) is 5.73 Å². The number of nitrogens with one attached hydrogen (secondary N) is 1. The summed E-state index contributed by atoms with van der Waals surface area (Å²) in [6, 6.07) is 4.80. The number of benzene rings is 1. The lowest BCUT2D eigenvalue weighted by Crippen LogP contribution is -2.45. The van der Waals surface area contributed by atoms with Gasteiger partial charge in [0.15, 0.2) is 0 Å². The number of hydrogen-bond donors (Lipinski definition) is 2. The minimum absolute atomic E-state index is 0.00437. The van der Waals surface area contributed by atoms with E-state index in [1.54, 1.807) is 30.0 Å². The van der Waals surface area contributed by atoms with E-state index in [0.29, 0.717) is 36.1 Å². The molecular weight excluding hydrogens is 296 g/mol. The van der Waals surface area contributed by atoms with Gasteiger partial charge in [0.25, 0.3) is 11.5 Å². The zero-order valence-corrected chi connectivity index (χ0v) is 13.0. The Morgan fingerprint density at radius 2 is 2.17 bits per heavy atom. The van der Waals surface area contributed by atoms with Gasteiger partial charge in [-0.05, 0) is 38.0 Å². The van der Waals surface area contributed by atoms with Crippen LogP contribution in [0.15, 0.2) is 27.8 Å². The molecular formula is C16H20N4O3. The molecule has 1 aliphatic heterocycles. The van der Waals surface area contributed by atoms with Gasteiger partial charge in [-0.1, -0.05) is 0 Å². The molecule has 1 unspecified atom stereocenters. The van der Waals surface area contributed by atoms with E-state index in [0.717, 1.165) is 17.4 Å². The number of piperidine rings is 1. The Balaban J connectivity index is 2.02. The Kier molecular flexibility index (Phi) is 4.04. The summed E-state index contributed by atoms with van der Waals surface area (Å²) in [6.07, 6.45) is 1.81. The van der Waals surface area contributed by atoms with Crippen LogP contribution in [0.4, 0.5) is 0 Å². The maximum absolute atomic E-state index is 12.6. The molecule has 1 amide bonds. The predicted octanol–water partition coefficient (Wildman–Crippen LogP) is 0.273. The molecule has 1 saturated heterocycles.